The fraction of sp³-hybridized carbons (Fsp3) is 0.727. The standard InChI is InChI=1S/C33H50N2O3S.2ClH/c1-5-6-7-9-24(2)11-12-25-22-27(37-29(36)10-8-15-34-18-20-39-21-19-34)31-28(23-25)38-33(3,4)32-30(31)26-13-16-35(32)17-14-26;;/h22-24,26H,5-21H2,1-4H3;2*1H. The first-order valence-corrected chi connectivity index (χ1v) is 16.9. The predicted molar refractivity (Wildman–Crippen MR) is 177 cm³/mol. The molecule has 1 aromatic carbocycles. The number of aryl methyl sites for hydroxylation is 1. The number of rotatable bonds is 12. The maximum Gasteiger partial charge on any atom is 0.311 e. The zero-order chi connectivity index (χ0) is 27.4. The molecule has 0 spiro atoms. The molecule has 1 aromatic rings. The Kier molecular flexibility index (Phi) is 13.1. The van der Waals surface area contributed by atoms with Gasteiger partial charge < -0.3 is 19.3 Å². The molecule has 41 heavy (non-hydrogen) atoms. The van der Waals surface area contributed by atoms with Gasteiger partial charge in [0.25, 0.3) is 0 Å². The van der Waals surface area contributed by atoms with Crippen molar-refractivity contribution in [3.8, 4) is 11.5 Å². The summed E-state index contributed by atoms with van der Waals surface area (Å²) in [6.45, 7) is 14.5. The summed E-state index contributed by atoms with van der Waals surface area (Å²) in [5.41, 5.74) is 4.61. The maximum absolute atomic E-state index is 13.2. The summed E-state index contributed by atoms with van der Waals surface area (Å²) in [4.78, 5) is 18.2. The smallest absolute Gasteiger partial charge is 0.311 e. The number of allylic oxidation sites excluding steroid dienone is 1. The molecule has 6 rings (SSSR count). The molecule has 2 fully saturated rings. The van der Waals surface area contributed by atoms with Gasteiger partial charge in [-0.25, -0.2) is 0 Å². The first kappa shape index (κ1) is 34.4. The lowest BCUT2D eigenvalue weighted by Gasteiger charge is -2.51. The van der Waals surface area contributed by atoms with Crippen LogP contribution in [0.5, 0.6) is 11.5 Å². The van der Waals surface area contributed by atoms with Gasteiger partial charge in [0.1, 0.15) is 17.1 Å². The average Bonchev–Trinajstić information content (AvgIpc) is 2.92. The van der Waals surface area contributed by atoms with E-state index < -0.39 is 0 Å². The second-order valence-electron chi connectivity index (χ2n) is 12.8. The normalized spacial score (nSPS) is 20.3. The van der Waals surface area contributed by atoms with Gasteiger partial charge in [0.2, 0.25) is 0 Å². The first-order chi connectivity index (χ1) is 18.9. The molecule has 2 bridgehead atoms. The minimum Gasteiger partial charge on any atom is -0.481 e. The highest BCUT2D eigenvalue weighted by Crippen LogP contribution is 2.54. The summed E-state index contributed by atoms with van der Waals surface area (Å²) in [6.07, 6.45) is 11.0. The van der Waals surface area contributed by atoms with Gasteiger partial charge in [-0.1, -0.05) is 39.5 Å². The highest BCUT2D eigenvalue weighted by Gasteiger charge is 2.46. The molecular weight excluding hydrogens is 575 g/mol. The number of esters is 1. The van der Waals surface area contributed by atoms with Crippen LogP contribution in [0, 0.1) is 11.8 Å². The molecule has 0 radical (unpaired) electrons. The van der Waals surface area contributed by atoms with Crippen molar-refractivity contribution in [1.82, 2.24) is 9.80 Å². The number of hydrogen-bond donors (Lipinski definition) is 0. The number of piperidine rings is 1. The lowest BCUT2D eigenvalue weighted by Crippen LogP contribution is -2.51. The van der Waals surface area contributed by atoms with Gasteiger partial charge in [0.05, 0.1) is 11.3 Å². The van der Waals surface area contributed by atoms with Gasteiger partial charge in [-0.05, 0) is 87.6 Å². The fourth-order valence-electron chi connectivity index (χ4n) is 7.07. The number of fused-ring (bicyclic) bond motifs is 3. The molecule has 0 N–H and O–H groups in total. The third-order valence-corrected chi connectivity index (χ3v) is 10.2. The third-order valence-electron chi connectivity index (χ3n) is 9.21. The van der Waals surface area contributed by atoms with E-state index >= 15 is 0 Å². The van der Waals surface area contributed by atoms with Gasteiger partial charge in [-0.3, -0.25) is 4.79 Å². The number of hydrogen-bond acceptors (Lipinski definition) is 6. The molecule has 8 heteroatoms. The Morgan fingerprint density at radius 3 is 2.51 bits per heavy atom. The number of ether oxygens (including phenoxy) is 2. The lowest BCUT2D eigenvalue weighted by molar-refractivity contribution is -0.134. The summed E-state index contributed by atoms with van der Waals surface area (Å²) in [6, 6.07) is 4.42. The molecule has 5 heterocycles. The van der Waals surface area contributed by atoms with E-state index in [0.29, 0.717) is 18.3 Å². The summed E-state index contributed by atoms with van der Waals surface area (Å²) in [5, 5.41) is 0. The van der Waals surface area contributed by atoms with Gasteiger partial charge in [0.15, 0.2) is 0 Å². The molecular formula is C33H52Cl2N2O3S. The minimum atomic E-state index is -0.374. The molecule has 232 valence electrons. The second kappa shape index (κ2) is 15.6. The topological polar surface area (TPSA) is 42.0 Å². The maximum atomic E-state index is 13.2. The van der Waals surface area contributed by atoms with E-state index in [-0.39, 0.29) is 36.4 Å². The van der Waals surface area contributed by atoms with Crippen molar-refractivity contribution in [2.75, 3.05) is 44.2 Å². The van der Waals surface area contributed by atoms with E-state index in [0.717, 1.165) is 69.0 Å². The summed E-state index contributed by atoms with van der Waals surface area (Å²) in [5.74, 6) is 5.15. The van der Waals surface area contributed by atoms with Crippen LogP contribution in [0.2, 0.25) is 0 Å². The summed E-state index contributed by atoms with van der Waals surface area (Å²) < 4.78 is 13.0. The fourth-order valence-corrected chi connectivity index (χ4v) is 8.05. The van der Waals surface area contributed by atoms with Crippen LogP contribution >= 0.6 is 36.6 Å². The van der Waals surface area contributed by atoms with E-state index in [4.69, 9.17) is 9.47 Å². The number of thioether (sulfide) groups is 1. The van der Waals surface area contributed by atoms with Crippen LogP contribution in [0.15, 0.2) is 17.8 Å². The van der Waals surface area contributed by atoms with Crippen LogP contribution in [0.3, 0.4) is 0 Å². The van der Waals surface area contributed by atoms with Gasteiger partial charge in [0, 0.05) is 44.1 Å². The second-order valence-corrected chi connectivity index (χ2v) is 14.0. The molecule has 1 unspecified atom stereocenters. The van der Waals surface area contributed by atoms with Crippen LogP contribution in [0.25, 0.3) is 5.57 Å². The van der Waals surface area contributed by atoms with Crippen molar-refractivity contribution in [1.29, 1.82) is 0 Å². The molecule has 0 amide bonds. The predicted octanol–water partition coefficient (Wildman–Crippen LogP) is 8.02. The monoisotopic (exact) mass is 626 g/mol. The number of benzene rings is 1. The highest BCUT2D eigenvalue weighted by atomic mass is 35.5. The Bertz CT molecular complexity index is 1050. The van der Waals surface area contributed by atoms with Crippen LogP contribution < -0.4 is 9.47 Å². The molecule has 0 aromatic heterocycles. The van der Waals surface area contributed by atoms with Crippen molar-refractivity contribution < 1.29 is 14.3 Å². The van der Waals surface area contributed by atoms with Crippen LogP contribution in [0.4, 0.5) is 0 Å². The molecule has 0 saturated carbocycles. The Morgan fingerprint density at radius 1 is 1.07 bits per heavy atom. The number of nitrogens with zero attached hydrogens (tertiary/aromatic N) is 2. The highest BCUT2D eigenvalue weighted by molar-refractivity contribution is 7.99. The van der Waals surface area contributed by atoms with Crippen molar-refractivity contribution >= 4 is 48.1 Å². The van der Waals surface area contributed by atoms with Gasteiger partial charge in [-0.2, -0.15) is 11.8 Å². The molecule has 5 nitrogen and oxygen atoms in total. The zero-order valence-corrected chi connectivity index (χ0v) is 28.1. The van der Waals surface area contributed by atoms with Crippen LogP contribution in [-0.2, 0) is 11.2 Å². The molecule has 2 saturated heterocycles. The number of carbonyl (C=O) groups is 1. The Balaban J connectivity index is 0.00000231. The molecule has 1 atom stereocenters. The number of carbonyl (C=O) groups excluding carboxylic acids is 1. The third kappa shape index (κ3) is 8.31. The quantitative estimate of drug-likeness (QED) is 0.133. The Morgan fingerprint density at radius 2 is 1.80 bits per heavy atom. The first-order valence-electron chi connectivity index (χ1n) is 15.7. The van der Waals surface area contributed by atoms with E-state index in [2.05, 4.69) is 49.6 Å². The van der Waals surface area contributed by atoms with Crippen LogP contribution in [-0.4, -0.2) is 65.6 Å². The van der Waals surface area contributed by atoms with Crippen LogP contribution in [0.1, 0.15) is 96.6 Å². The number of unbranched alkanes of at least 4 members (excludes halogenated alkanes) is 2. The van der Waals surface area contributed by atoms with Crippen molar-refractivity contribution in [2.45, 2.75) is 97.5 Å². The van der Waals surface area contributed by atoms with Gasteiger partial charge >= 0.3 is 5.97 Å². The van der Waals surface area contributed by atoms with E-state index in [1.54, 1.807) is 0 Å². The van der Waals surface area contributed by atoms with Crippen molar-refractivity contribution in [2.24, 2.45) is 11.8 Å². The molecule has 5 aliphatic heterocycles. The van der Waals surface area contributed by atoms with Crippen molar-refractivity contribution in [3.05, 3.63) is 29.0 Å². The zero-order valence-electron chi connectivity index (χ0n) is 25.7. The minimum absolute atomic E-state index is 0. The summed E-state index contributed by atoms with van der Waals surface area (Å²) >= 11 is 2.03. The van der Waals surface area contributed by atoms with Crippen molar-refractivity contribution in [3.63, 3.8) is 0 Å². The van der Waals surface area contributed by atoms with E-state index in [1.165, 1.54) is 66.9 Å². The average molecular weight is 628 g/mol. The number of halogens is 2. The largest absolute Gasteiger partial charge is 0.481 e. The van der Waals surface area contributed by atoms with Gasteiger partial charge in [-0.15, -0.1) is 24.8 Å². The summed E-state index contributed by atoms with van der Waals surface area (Å²) in [7, 11) is 0. The lowest BCUT2D eigenvalue weighted by atomic mass is 9.74. The molecule has 0 aliphatic carbocycles. The Labute approximate surface area is 265 Å². The Hall–Kier alpha value is -1.08. The van der Waals surface area contributed by atoms with E-state index in [9.17, 15) is 4.79 Å². The molecule has 5 aliphatic rings. The SMILES string of the molecule is CCCCCC(C)CCc1cc(OC(=O)CCCN2CCSCC2)c2c(c1)OC(C)(C)C1=C2C2CCN1CC2.Cl.Cl. The van der Waals surface area contributed by atoms with E-state index in [1.807, 2.05) is 11.8 Å².